The molecule has 31 heavy (non-hydrogen) atoms. The summed E-state index contributed by atoms with van der Waals surface area (Å²) in [5, 5.41) is 5.51. The van der Waals surface area contributed by atoms with Gasteiger partial charge in [-0.15, -0.1) is 0 Å². The maximum Gasteiger partial charge on any atom is 0.329 e. The average molecular weight is 414 g/mol. The van der Waals surface area contributed by atoms with E-state index in [9.17, 15) is 14.4 Å². The van der Waals surface area contributed by atoms with Crippen LogP contribution in [0.15, 0.2) is 72.8 Å². The van der Waals surface area contributed by atoms with Crippen LogP contribution in [0, 0.1) is 0 Å². The van der Waals surface area contributed by atoms with E-state index in [0.29, 0.717) is 5.69 Å². The maximum absolute atomic E-state index is 13.2. The summed E-state index contributed by atoms with van der Waals surface area (Å²) in [7, 11) is 1.31. The topological polar surface area (TPSA) is 84.5 Å². The second kappa shape index (κ2) is 8.44. The van der Waals surface area contributed by atoms with E-state index in [1.54, 1.807) is 24.3 Å². The van der Waals surface area contributed by atoms with E-state index in [4.69, 9.17) is 4.74 Å². The lowest BCUT2D eigenvalue weighted by molar-refractivity contribution is -0.143. The molecule has 0 unspecified atom stereocenters. The molecular formula is C25H22N2O4. The predicted octanol–water partition coefficient (Wildman–Crippen LogP) is 3.73. The Bertz CT molecular complexity index is 1130. The number of esters is 1. The fourth-order valence-corrected chi connectivity index (χ4v) is 4.16. The van der Waals surface area contributed by atoms with E-state index in [2.05, 4.69) is 10.6 Å². The van der Waals surface area contributed by atoms with Gasteiger partial charge >= 0.3 is 5.97 Å². The molecule has 0 bridgehead atoms. The smallest absolute Gasteiger partial charge is 0.329 e. The molecule has 2 N–H and O–H groups in total. The Hall–Kier alpha value is -3.93. The van der Waals surface area contributed by atoms with Crippen LogP contribution in [0.1, 0.15) is 34.3 Å². The molecule has 6 heteroatoms. The molecule has 0 fully saturated rings. The van der Waals surface area contributed by atoms with E-state index in [1.807, 2.05) is 48.5 Å². The fraction of sp³-hybridized carbons (Fsp3) is 0.160. The van der Waals surface area contributed by atoms with E-state index >= 15 is 0 Å². The molecular weight excluding hydrogens is 392 g/mol. The van der Waals surface area contributed by atoms with E-state index in [-0.39, 0.29) is 11.5 Å². The third-order valence-electron chi connectivity index (χ3n) is 5.44. The van der Waals surface area contributed by atoms with Crippen LogP contribution in [-0.4, -0.2) is 30.9 Å². The fourth-order valence-electron chi connectivity index (χ4n) is 4.16. The van der Waals surface area contributed by atoms with Gasteiger partial charge in [0.25, 0.3) is 5.91 Å². The Balaban J connectivity index is 1.74. The summed E-state index contributed by atoms with van der Waals surface area (Å²) in [6.07, 6.45) is 0. The monoisotopic (exact) mass is 414 g/mol. The number of hydrogen-bond acceptors (Lipinski definition) is 4. The standard InChI is InChI=1S/C25H22N2O4/c1-15(28)26-21-14-8-7-13-20(21)24(29)27-23(25(30)31-2)22-18-11-5-3-9-16(18)17-10-4-6-12-19(17)22/h3-14,22-23H,1-2H3,(H,26,28)(H,27,29)/t23-/m0/s1. The molecule has 0 saturated carbocycles. The molecule has 0 heterocycles. The Morgan fingerprint density at radius 2 is 1.39 bits per heavy atom. The van der Waals surface area contributed by atoms with Crippen LogP contribution >= 0.6 is 0 Å². The number of carbonyl (C=O) groups excluding carboxylic acids is 3. The lowest BCUT2D eigenvalue weighted by Gasteiger charge is -2.25. The highest BCUT2D eigenvalue weighted by Crippen LogP contribution is 2.46. The zero-order chi connectivity index (χ0) is 22.0. The van der Waals surface area contributed by atoms with Gasteiger partial charge in [0.05, 0.1) is 18.4 Å². The Kier molecular flexibility index (Phi) is 5.54. The van der Waals surface area contributed by atoms with Gasteiger partial charge in [0.15, 0.2) is 0 Å². The summed E-state index contributed by atoms with van der Waals surface area (Å²) in [6, 6.07) is 21.4. The summed E-state index contributed by atoms with van der Waals surface area (Å²) < 4.78 is 5.06. The quantitative estimate of drug-likeness (QED) is 0.623. The zero-order valence-corrected chi connectivity index (χ0v) is 17.2. The highest BCUT2D eigenvalue weighted by Gasteiger charge is 2.39. The number of ether oxygens (including phenoxy) is 1. The Morgan fingerprint density at radius 3 is 1.97 bits per heavy atom. The molecule has 0 aliphatic heterocycles. The van der Waals surface area contributed by atoms with Crippen LogP contribution in [0.4, 0.5) is 5.69 Å². The highest BCUT2D eigenvalue weighted by molar-refractivity contribution is 6.05. The number of para-hydroxylation sites is 1. The largest absolute Gasteiger partial charge is 0.467 e. The molecule has 1 aliphatic carbocycles. The molecule has 1 aliphatic rings. The highest BCUT2D eigenvalue weighted by atomic mass is 16.5. The molecule has 156 valence electrons. The van der Waals surface area contributed by atoms with Crippen molar-refractivity contribution in [3.8, 4) is 11.1 Å². The number of fused-ring (bicyclic) bond motifs is 3. The van der Waals surface area contributed by atoms with E-state index in [1.165, 1.54) is 14.0 Å². The minimum Gasteiger partial charge on any atom is -0.467 e. The van der Waals surface area contributed by atoms with Gasteiger partial charge in [0.1, 0.15) is 6.04 Å². The molecule has 0 saturated heterocycles. The Labute approximate surface area is 180 Å². The average Bonchev–Trinajstić information content (AvgIpc) is 3.11. The second-order valence-corrected chi connectivity index (χ2v) is 7.35. The van der Waals surface area contributed by atoms with Gasteiger partial charge in [-0.3, -0.25) is 9.59 Å². The second-order valence-electron chi connectivity index (χ2n) is 7.35. The zero-order valence-electron chi connectivity index (χ0n) is 17.2. The van der Waals surface area contributed by atoms with E-state index < -0.39 is 23.8 Å². The van der Waals surface area contributed by atoms with Crippen molar-refractivity contribution in [1.29, 1.82) is 0 Å². The predicted molar refractivity (Wildman–Crippen MR) is 118 cm³/mol. The molecule has 0 aromatic heterocycles. The van der Waals surface area contributed by atoms with Crippen LogP contribution in [0.25, 0.3) is 11.1 Å². The molecule has 0 spiro atoms. The summed E-state index contributed by atoms with van der Waals surface area (Å²) in [5.41, 5.74) is 4.62. The van der Waals surface area contributed by atoms with Gasteiger partial charge in [-0.1, -0.05) is 60.7 Å². The number of anilines is 1. The third kappa shape index (κ3) is 3.80. The Morgan fingerprint density at radius 1 is 0.839 bits per heavy atom. The first-order valence-corrected chi connectivity index (χ1v) is 9.94. The van der Waals surface area contributed by atoms with Crippen LogP contribution in [-0.2, 0) is 14.3 Å². The van der Waals surface area contributed by atoms with Gasteiger partial charge in [-0.25, -0.2) is 4.79 Å². The van der Waals surface area contributed by atoms with Crippen LogP contribution in [0.3, 0.4) is 0 Å². The summed E-state index contributed by atoms with van der Waals surface area (Å²) >= 11 is 0. The first kappa shape index (κ1) is 20.3. The van der Waals surface area contributed by atoms with Crippen LogP contribution in [0.2, 0.25) is 0 Å². The maximum atomic E-state index is 13.2. The van der Waals surface area contributed by atoms with Gasteiger partial charge < -0.3 is 15.4 Å². The summed E-state index contributed by atoms with van der Waals surface area (Å²) in [4.78, 5) is 37.6. The normalized spacial score (nSPS) is 13.0. The van der Waals surface area contributed by atoms with Gasteiger partial charge in [-0.05, 0) is 34.4 Å². The van der Waals surface area contributed by atoms with Gasteiger partial charge in [0.2, 0.25) is 5.91 Å². The van der Waals surface area contributed by atoms with Crippen molar-refractivity contribution in [2.45, 2.75) is 18.9 Å². The van der Waals surface area contributed by atoms with Crippen molar-refractivity contribution in [3.63, 3.8) is 0 Å². The summed E-state index contributed by atoms with van der Waals surface area (Å²) in [5.74, 6) is -1.69. The van der Waals surface area contributed by atoms with Crippen molar-refractivity contribution in [1.82, 2.24) is 5.32 Å². The molecule has 3 aromatic rings. The van der Waals surface area contributed by atoms with Crippen molar-refractivity contribution < 1.29 is 19.1 Å². The number of amides is 2. The first-order chi connectivity index (χ1) is 15.0. The lowest BCUT2D eigenvalue weighted by atomic mass is 9.89. The van der Waals surface area contributed by atoms with Crippen molar-refractivity contribution in [3.05, 3.63) is 89.5 Å². The van der Waals surface area contributed by atoms with Gasteiger partial charge in [-0.2, -0.15) is 0 Å². The minimum atomic E-state index is -0.937. The lowest BCUT2D eigenvalue weighted by Crippen LogP contribution is -2.45. The molecule has 6 nitrogen and oxygen atoms in total. The van der Waals surface area contributed by atoms with Crippen molar-refractivity contribution >= 4 is 23.5 Å². The number of nitrogens with one attached hydrogen (secondary N) is 2. The molecule has 1 atom stereocenters. The number of rotatable bonds is 5. The van der Waals surface area contributed by atoms with Crippen molar-refractivity contribution in [2.24, 2.45) is 0 Å². The van der Waals surface area contributed by atoms with Crippen LogP contribution < -0.4 is 10.6 Å². The van der Waals surface area contributed by atoms with E-state index in [0.717, 1.165) is 22.3 Å². The first-order valence-electron chi connectivity index (χ1n) is 9.94. The SMILES string of the molecule is COC(=O)[C@@H](NC(=O)c1ccccc1NC(C)=O)C1c2ccccc2-c2ccccc21. The molecule has 2 amide bonds. The third-order valence-corrected chi connectivity index (χ3v) is 5.44. The van der Waals surface area contributed by atoms with Crippen LogP contribution in [0.5, 0.6) is 0 Å². The number of methoxy groups -OCH3 is 1. The van der Waals surface area contributed by atoms with Gasteiger partial charge in [0, 0.05) is 12.8 Å². The molecule has 0 radical (unpaired) electrons. The number of carbonyl (C=O) groups is 3. The number of benzene rings is 3. The minimum absolute atomic E-state index is 0.270. The number of hydrogen-bond donors (Lipinski definition) is 2. The molecule has 3 aromatic carbocycles. The van der Waals surface area contributed by atoms with Crippen molar-refractivity contribution in [2.75, 3.05) is 12.4 Å². The summed E-state index contributed by atoms with van der Waals surface area (Å²) in [6.45, 7) is 1.37. The molecule has 4 rings (SSSR count).